The average molecular weight is 441 g/mol. The number of hydrogen-bond donors (Lipinski definition) is 0. The Morgan fingerprint density at radius 3 is 2.64 bits per heavy atom. The van der Waals surface area contributed by atoms with Crippen LogP contribution < -0.4 is 9.47 Å². The Morgan fingerprint density at radius 1 is 1.21 bits per heavy atom. The van der Waals surface area contributed by atoms with Gasteiger partial charge in [0.15, 0.2) is 6.29 Å². The molecule has 0 saturated heterocycles. The summed E-state index contributed by atoms with van der Waals surface area (Å²) in [5.41, 5.74) is 3.40. The fourth-order valence-electron chi connectivity index (χ4n) is 3.13. The van der Waals surface area contributed by atoms with E-state index >= 15 is 0 Å². The molecule has 0 spiro atoms. The Morgan fingerprint density at radius 2 is 1.96 bits per heavy atom. The van der Waals surface area contributed by atoms with E-state index in [1.54, 1.807) is 11.7 Å². The third-order valence-electron chi connectivity index (χ3n) is 4.81. The molecule has 28 heavy (non-hydrogen) atoms. The van der Waals surface area contributed by atoms with Crippen molar-refractivity contribution < 1.29 is 14.3 Å². The van der Waals surface area contributed by atoms with Crippen LogP contribution in [0.4, 0.5) is 0 Å². The Bertz CT molecular complexity index is 1010. The fraction of sp³-hybridized carbons (Fsp3) is 0.273. The lowest BCUT2D eigenvalue weighted by molar-refractivity contribution is 0.112. The molecule has 0 bridgehead atoms. The van der Waals surface area contributed by atoms with E-state index in [-0.39, 0.29) is 0 Å². The van der Waals surface area contributed by atoms with Crippen molar-refractivity contribution in [2.45, 2.75) is 32.3 Å². The number of aromatic nitrogens is 2. The molecule has 0 aliphatic heterocycles. The van der Waals surface area contributed by atoms with Gasteiger partial charge in [-0.2, -0.15) is 5.10 Å². The first-order valence-electron chi connectivity index (χ1n) is 9.23. The molecule has 0 radical (unpaired) electrons. The van der Waals surface area contributed by atoms with Crippen LogP contribution in [0.3, 0.4) is 0 Å². The highest BCUT2D eigenvalue weighted by Gasteiger charge is 2.32. The van der Waals surface area contributed by atoms with Crippen LogP contribution >= 0.6 is 15.9 Å². The summed E-state index contributed by atoms with van der Waals surface area (Å²) in [6, 6.07) is 13.8. The molecule has 5 nitrogen and oxygen atoms in total. The Hall–Kier alpha value is -2.60. The van der Waals surface area contributed by atoms with E-state index in [9.17, 15) is 4.79 Å². The second-order valence-electron chi connectivity index (χ2n) is 7.04. The zero-order chi connectivity index (χ0) is 19.7. The van der Waals surface area contributed by atoms with E-state index in [0.29, 0.717) is 35.5 Å². The predicted octanol–water partition coefficient (Wildman–Crippen LogP) is 5.55. The summed E-state index contributed by atoms with van der Waals surface area (Å²) in [7, 11) is 1.80. The number of rotatable bonds is 7. The van der Waals surface area contributed by atoms with Gasteiger partial charge in [0, 0.05) is 19.0 Å². The van der Waals surface area contributed by atoms with E-state index in [2.05, 4.69) is 21.0 Å². The molecule has 2 aromatic carbocycles. The van der Waals surface area contributed by atoms with Gasteiger partial charge in [0.2, 0.25) is 5.88 Å². The first-order chi connectivity index (χ1) is 13.6. The van der Waals surface area contributed by atoms with Gasteiger partial charge in [0.25, 0.3) is 0 Å². The van der Waals surface area contributed by atoms with Gasteiger partial charge in [0.05, 0.1) is 10.2 Å². The highest BCUT2D eigenvalue weighted by molar-refractivity contribution is 9.10. The largest absolute Gasteiger partial charge is 0.488 e. The van der Waals surface area contributed by atoms with E-state index in [1.165, 1.54) is 0 Å². The smallest absolute Gasteiger partial charge is 0.228 e. The first kappa shape index (κ1) is 18.7. The fourth-order valence-corrected chi connectivity index (χ4v) is 3.70. The molecular weight excluding hydrogens is 420 g/mol. The monoisotopic (exact) mass is 440 g/mol. The van der Waals surface area contributed by atoms with Gasteiger partial charge in [0.1, 0.15) is 23.7 Å². The molecule has 1 aliphatic carbocycles. The predicted molar refractivity (Wildman–Crippen MR) is 110 cm³/mol. The zero-order valence-electron chi connectivity index (χ0n) is 15.8. The maximum absolute atomic E-state index is 11.7. The van der Waals surface area contributed by atoms with Crippen LogP contribution in [-0.2, 0) is 13.7 Å². The number of halogens is 1. The quantitative estimate of drug-likeness (QED) is 0.451. The standard InChI is InChI=1S/C22H21BrN2O3/c1-14-10-18(23)20(27-13-15-6-4-3-5-7-15)11-19(14)28-22-17(12-26)21(16-8-9-16)24-25(22)2/h3-7,10-12,16H,8-9,13H2,1-2H3. The maximum Gasteiger partial charge on any atom is 0.228 e. The van der Waals surface area contributed by atoms with Crippen LogP contribution in [0.5, 0.6) is 17.4 Å². The van der Waals surface area contributed by atoms with E-state index in [1.807, 2.05) is 49.4 Å². The minimum Gasteiger partial charge on any atom is -0.488 e. The summed E-state index contributed by atoms with van der Waals surface area (Å²) < 4.78 is 14.6. The number of ether oxygens (including phenoxy) is 2. The van der Waals surface area contributed by atoms with Crippen molar-refractivity contribution in [3.05, 3.63) is 69.3 Å². The number of benzene rings is 2. The van der Waals surface area contributed by atoms with Crippen molar-refractivity contribution in [2.75, 3.05) is 0 Å². The molecular formula is C22H21BrN2O3. The van der Waals surface area contributed by atoms with Gasteiger partial charge in [-0.1, -0.05) is 30.3 Å². The highest BCUT2D eigenvalue weighted by atomic mass is 79.9. The molecule has 0 unspecified atom stereocenters. The second-order valence-corrected chi connectivity index (χ2v) is 7.90. The molecule has 6 heteroatoms. The molecule has 1 aliphatic rings. The summed E-state index contributed by atoms with van der Waals surface area (Å²) in [5.74, 6) is 2.16. The molecule has 0 atom stereocenters. The van der Waals surface area contributed by atoms with Crippen molar-refractivity contribution in [1.29, 1.82) is 0 Å². The van der Waals surface area contributed by atoms with E-state index in [4.69, 9.17) is 9.47 Å². The number of carbonyl (C=O) groups excluding carboxylic acids is 1. The lowest BCUT2D eigenvalue weighted by atomic mass is 10.2. The Balaban J connectivity index is 1.61. The van der Waals surface area contributed by atoms with Gasteiger partial charge in [-0.25, -0.2) is 4.68 Å². The molecule has 1 fully saturated rings. The molecule has 3 aromatic rings. The summed E-state index contributed by atoms with van der Waals surface area (Å²) in [6.45, 7) is 2.42. The summed E-state index contributed by atoms with van der Waals surface area (Å²) in [6.07, 6.45) is 3.00. The second kappa shape index (κ2) is 7.80. The number of carbonyl (C=O) groups is 1. The van der Waals surface area contributed by atoms with Crippen molar-refractivity contribution in [2.24, 2.45) is 7.05 Å². The molecule has 1 aromatic heterocycles. The third-order valence-corrected chi connectivity index (χ3v) is 5.43. The van der Waals surface area contributed by atoms with Crippen molar-refractivity contribution >= 4 is 22.2 Å². The minimum absolute atomic E-state index is 0.375. The Labute approximate surface area is 172 Å². The van der Waals surface area contributed by atoms with Gasteiger partial charge in [-0.05, 0) is 52.9 Å². The number of nitrogens with zero attached hydrogens (tertiary/aromatic N) is 2. The summed E-state index contributed by atoms with van der Waals surface area (Å²) >= 11 is 3.56. The molecule has 144 valence electrons. The van der Waals surface area contributed by atoms with Crippen LogP contribution in [0.2, 0.25) is 0 Å². The van der Waals surface area contributed by atoms with Gasteiger partial charge in [-0.3, -0.25) is 4.79 Å². The first-order valence-corrected chi connectivity index (χ1v) is 10.0. The normalized spacial score (nSPS) is 13.4. The van der Waals surface area contributed by atoms with E-state index in [0.717, 1.165) is 40.4 Å². The molecule has 1 heterocycles. The number of aldehydes is 1. The van der Waals surface area contributed by atoms with E-state index < -0.39 is 0 Å². The SMILES string of the molecule is Cc1cc(Br)c(OCc2ccccc2)cc1Oc1c(C=O)c(C2CC2)nn1C. The van der Waals surface area contributed by atoms with Crippen molar-refractivity contribution in [1.82, 2.24) is 9.78 Å². The lowest BCUT2D eigenvalue weighted by Crippen LogP contribution is -2.00. The summed E-state index contributed by atoms with van der Waals surface area (Å²) in [4.78, 5) is 11.7. The van der Waals surface area contributed by atoms with Crippen LogP contribution in [0.25, 0.3) is 0 Å². The molecule has 0 amide bonds. The van der Waals surface area contributed by atoms with Crippen LogP contribution in [-0.4, -0.2) is 16.1 Å². The third kappa shape index (κ3) is 3.83. The number of hydrogen-bond acceptors (Lipinski definition) is 4. The highest BCUT2D eigenvalue weighted by Crippen LogP contribution is 2.44. The molecule has 0 N–H and O–H groups in total. The van der Waals surface area contributed by atoms with Crippen molar-refractivity contribution in [3.8, 4) is 17.4 Å². The van der Waals surface area contributed by atoms with Crippen molar-refractivity contribution in [3.63, 3.8) is 0 Å². The lowest BCUT2D eigenvalue weighted by Gasteiger charge is -2.14. The molecule has 4 rings (SSSR count). The number of aryl methyl sites for hydroxylation is 2. The van der Waals surface area contributed by atoms with Gasteiger partial charge >= 0.3 is 0 Å². The molecule has 1 saturated carbocycles. The zero-order valence-corrected chi connectivity index (χ0v) is 17.4. The van der Waals surface area contributed by atoms with Crippen LogP contribution in [0.15, 0.2) is 46.9 Å². The van der Waals surface area contributed by atoms with Gasteiger partial charge in [-0.15, -0.1) is 0 Å². The maximum atomic E-state index is 11.7. The topological polar surface area (TPSA) is 53.4 Å². The summed E-state index contributed by atoms with van der Waals surface area (Å²) in [5, 5.41) is 4.51. The minimum atomic E-state index is 0.375. The Kier molecular flexibility index (Phi) is 5.22. The average Bonchev–Trinajstić information content (AvgIpc) is 3.48. The van der Waals surface area contributed by atoms with Crippen LogP contribution in [0, 0.1) is 6.92 Å². The van der Waals surface area contributed by atoms with Crippen LogP contribution in [0.1, 0.15) is 45.9 Å². The van der Waals surface area contributed by atoms with Gasteiger partial charge < -0.3 is 9.47 Å².